The molecule has 0 aliphatic heterocycles. The third-order valence-electron chi connectivity index (χ3n) is 4.68. The van der Waals surface area contributed by atoms with Crippen LogP contribution in [0.1, 0.15) is 23.7 Å². The second kappa shape index (κ2) is 8.48. The maximum absolute atomic E-state index is 10.8. The summed E-state index contributed by atoms with van der Waals surface area (Å²) in [6, 6.07) is 24.0. The average molecular weight is 397 g/mol. The summed E-state index contributed by atoms with van der Waals surface area (Å²) in [6.45, 7) is 1.83. The number of anilines is 1. The minimum atomic E-state index is -0.422. The van der Waals surface area contributed by atoms with E-state index in [-0.39, 0.29) is 5.69 Å². The Morgan fingerprint density at radius 2 is 1.57 bits per heavy atom. The first-order valence-electron chi connectivity index (χ1n) is 9.45. The van der Waals surface area contributed by atoms with Crippen LogP contribution in [0.2, 0.25) is 0 Å². The summed E-state index contributed by atoms with van der Waals surface area (Å²) >= 11 is 0. The van der Waals surface area contributed by atoms with Gasteiger partial charge >= 0.3 is 0 Å². The number of benzene rings is 3. The van der Waals surface area contributed by atoms with Crippen molar-refractivity contribution in [1.82, 2.24) is 9.97 Å². The maximum Gasteiger partial charge on any atom is 0.269 e. The van der Waals surface area contributed by atoms with Crippen molar-refractivity contribution in [3.05, 3.63) is 106 Å². The Labute approximate surface area is 173 Å². The second-order valence-electron chi connectivity index (χ2n) is 6.78. The van der Waals surface area contributed by atoms with Gasteiger partial charge in [0.1, 0.15) is 0 Å². The fraction of sp³-hybridized carbons (Fsp3) is 0.0870. The van der Waals surface area contributed by atoms with E-state index in [1.165, 1.54) is 12.1 Å². The molecular formula is C23H19N5O2. The molecule has 0 bridgehead atoms. The van der Waals surface area contributed by atoms with Crippen LogP contribution in [0.5, 0.6) is 0 Å². The highest BCUT2D eigenvalue weighted by Crippen LogP contribution is 2.20. The van der Waals surface area contributed by atoms with Crippen LogP contribution in [0.4, 0.5) is 11.5 Å². The molecule has 1 N–H and O–H groups in total. The largest absolute Gasteiger partial charge is 0.269 e. The van der Waals surface area contributed by atoms with E-state index in [4.69, 9.17) is 9.97 Å². The molecule has 0 radical (unpaired) electrons. The summed E-state index contributed by atoms with van der Waals surface area (Å²) in [6.07, 6.45) is 0.618. The average Bonchev–Trinajstić information content (AvgIpc) is 2.78. The Balaban J connectivity index is 1.65. The van der Waals surface area contributed by atoms with Gasteiger partial charge in [-0.25, -0.2) is 9.97 Å². The van der Waals surface area contributed by atoms with Crippen molar-refractivity contribution in [3.8, 4) is 0 Å². The zero-order chi connectivity index (χ0) is 20.9. The number of nitro groups is 1. The molecule has 148 valence electrons. The number of non-ortho nitro benzene ring substituents is 1. The molecule has 0 unspecified atom stereocenters. The Bertz CT molecular complexity index is 1220. The number of nitro benzene ring substituents is 1. The smallest absolute Gasteiger partial charge is 0.260 e. The van der Waals surface area contributed by atoms with Gasteiger partial charge in [0.15, 0.2) is 5.82 Å². The number of nitrogens with one attached hydrogen (secondary N) is 1. The van der Waals surface area contributed by atoms with E-state index in [1.807, 2.05) is 61.5 Å². The van der Waals surface area contributed by atoms with Crippen LogP contribution in [0.15, 0.2) is 84.0 Å². The van der Waals surface area contributed by atoms with Crippen LogP contribution in [0.3, 0.4) is 0 Å². The SMILES string of the molecule is C/C(=N/Nc1nc2ccccc2nc1Cc1ccccc1)c1ccc([N+](=O)[O-])cc1. The number of nitrogens with zero attached hydrogens (tertiary/aromatic N) is 4. The highest BCUT2D eigenvalue weighted by atomic mass is 16.6. The van der Waals surface area contributed by atoms with Gasteiger partial charge in [-0.05, 0) is 42.3 Å². The molecule has 0 saturated heterocycles. The molecule has 30 heavy (non-hydrogen) atoms. The maximum atomic E-state index is 10.8. The molecular weight excluding hydrogens is 378 g/mol. The highest BCUT2D eigenvalue weighted by Gasteiger charge is 2.10. The number of para-hydroxylation sites is 2. The predicted octanol–water partition coefficient (Wildman–Crippen LogP) is 4.96. The molecule has 0 spiro atoms. The van der Waals surface area contributed by atoms with Crippen molar-refractivity contribution in [1.29, 1.82) is 0 Å². The van der Waals surface area contributed by atoms with Crippen molar-refractivity contribution in [3.63, 3.8) is 0 Å². The lowest BCUT2D eigenvalue weighted by Gasteiger charge is -2.10. The summed E-state index contributed by atoms with van der Waals surface area (Å²) in [4.78, 5) is 19.9. The van der Waals surface area contributed by atoms with Gasteiger partial charge in [-0.1, -0.05) is 42.5 Å². The van der Waals surface area contributed by atoms with Crippen molar-refractivity contribution in [2.24, 2.45) is 5.10 Å². The number of fused-ring (bicyclic) bond motifs is 1. The first-order chi connectivity index (χ1) is 14.6. The molecule has 0 fully saturated rings. The number of aromatic nitrogens is 2. The van der Waals surface area contributed by atoms with Gasteiger partial charge in [-0.2, -0.15) is 5.10 Å². The molecule has 7 heteroatoms. The Hall–Kier alpha value is -4.13. The molecule has 1 heterocycles. The lowest BCUT2D eigenvalue weighted by atomic mass is 10.1. The number of hydrazone groups is 1. The quantitative estimate of drug-likeness (QED) is 0.282. The second-order valence-corrected chi connectivity index (χ2v) is 6.78. The standard InChI is InChI=1S/C23H19N5O2/c1-16(18-11-13-19(14-12-18)28(29)30)26-27-23-22(15-17-7-3-2-4-8-17)24-20-9-5-6-10-21(20)25-23/h2-14H,15H2,1H3,(H,25,27)/b26-16-. The third-order valence-corrected chi connectivity index (χ3v) is 4.68. The monoisotopic (exact) mass is 397 g/mol. The summed E-state index contributed by atoms with van der Waals surface area (Å²) < 4.78 is 0. The predicted molar refractivity (Wildman–Crippen MR) is 118 cm³/mol. The van der Waals surface area contributed by atoms with E-state index in [1.54, 1.807) is 12.1 Å². The van der Waals surface area contributed by atoms with Crippen molar-refractivity contribution >= 4 is 28.3 Å². The molecule has 4 rings (SSSR count). The van der Waals surface area contributed by atoms with E-state index in [0.717, 1.165) is 27.9 Å². The lowest BCUT2D eigenvalue weighted by molar-refractivity contribution is -0.384. The van der Waals surface area contributed by atoms with Crippen molar-refractivity contribution in [2.45, 2.75) is 13.3 Å². The van der Waals surface area contributed by atoms with Crippen molar-refractivity contribution in [2.75, 3.05) is 5.43 Å². The molecule has 4 aromatic rings. The van der Waals surface area contributed by atoms with Crippen LogP contribution in [-0.4, -0.2) is 20.6 Å². The number of hydrogen-bond acceptors (Lipinski definition) is 6. The van der Waals surface area contributed by atoms with Gasteiger partial charge < -0.3 is 0 Å². The van der Waals surface area contributed by atoms with Gasteiger partial charge in [-0.3, -0.25) is 15.5 Å². The van der Waals surface area contributed by atoms with Gasteiger partial charge in [0.2, 0.25) is 0 Å². The number of rotatable bonds is 6. The Kier molecular flexibility index (Phi) is 5.43. The number of hydrogen-bond donors (Lipinski definition) is 1. The fourth-order valence-corrected chi connectivity index (χ4v) is 3.06. The first kappa shape index (κ1) is 19.2. The van der Waals surface area contributed by atoms with Crippen LogP contribution >= 0.6 is 0 Å². The van der Waals surface area contributed by atoms with Crippen molar-refractivity contribution < 1.29 is 4.92 Å². The van der Waals surface area contributed by atoms with E-state index in [9.17, 15) is 10.1 Å². The normalized spacial score (nSPS) is 11.4. The first-order valence-corrected chi connectivity index (χ1v) is 9.45. The molecule has 7 nitrogen and oxygen atoms in total. The van der Waals surface area contributed by atoms with Crippen LogP contribution in [0.25, 0.3) is 11.0 Å². The van der Waals surface area contributed by atoms with Crippen LogP contribution < -0.4 is 5.43 Å². The minimum absolute atomic E-state index is 0.0463. The third kappa shape index (κ3) is 4.30. The van der Waals surface area contributed by atoms with Gasteiger partial charge in [0, 0.05) is 18.6 Å². The molecule has 3 aromatic carbocycles. The Morgan fingerprint density at radius 1 is 0.933 bits per heavy atom. The molecule has 0 aliphatic carbocycles. The zero-order valence-electron chi connectivity index (χ0n) is 16.3. The van der Waals surface area contributed by atoms with E-state index < -0.39 is 4.92 Å². The minimum Gasteiger partial charge on any atom is -0.260 e. The van der Waals surface area contributed by atoms with Gasteiger partial charge in [0.25, 0.3) is 5.69 Å². The Morgan fingerprint density at radius 3 is 2.23 bits per heavy atom. The summed E-state index contributed by atoms with van der Waals surface area (Å²) in [7, 11) is 0. The summed E-state index contributed by atoms with van der Waals surface area (Å²) in [5, 5.41) is 15.3. The zero-order valence-corrected chi connectivity index (χ0v) is 16.3. The van der Waals surface area contributed by atoms with Gasteiger partial charge in [-0.15, -0.1) is 0 Å². The lowest BCUT2D eigenvalue weighted by Crippen LogP contribution is -2.06. The molecule has 0 atom stereocenters. The topological polar surface area (TPSA) is 93.3 Å². The van der Waals surface area contributed by atoms with E-state index in [0.29, 0.717) is 18.0 Å². The van der Waals surface area contributed by atoms with Crippen LogP contribution in [0, 0.1) is 10.1 Å². The van der Waals surface area contributed by atoms with Crippen LogP contribution in [-0.2, 0) is 6.42 Å². The highest BCUT2D eigenvalue weighted by molar-refractivity contribution is 5.99. The van der Waals surface area contributed by atoms with E-state index in [2.05, 4.69) is 10.5 Å². The molecule has 0 aliphatic rings. The van der Waals surface area contributed by atoms with Gasteiger partial charge in [0.05, 0.1) is 27.4 Å². The summed E-state index contributed by atoms with van der Waals surface area (Å²) in [5.41, 5.74) is 8.08. The molecule has 1 aromatic heterocycles. The fourth-order valence-electron chi connectivity index (χ4n) is 3.06. The molecule has 0 amide bonds. The summed E-state index contributed by atoms with van der Waals surface area (Å²) in [5.74, 6) is 0.582. The molecule has 0 saturated carbocycles. The van der Waals surface area contributed by atoms with E-state index >= 15 is 0 Å².